The first-order chi connectivity index (χ1) is 10.0. The Morgan fingerprint density at radius 2 is 2.19 bits per heavy atom. The molecule has 0 aliphatic carbocycles. The lowest BCUT2D eigenvalue weighted by Gasteiger charge is -2.04. The highest BCUT2D eigenvalue weighted by molar-refractivity contribution is 5.80. The van der Waals surface area contributed by atoms with E-state index in [9.17, 15) is 4.79 Å². The number of hydrogen-bond donors (Lipinski definition) is 0. The van der Waals surface area contributed by atoms with Crippen LogP contribution in [-0.2, 0) is 18.3 Å². The van der Waals surface area contributed by atoms with Crippen molar-refractivity contribution in [2.24, 2.45) is 7.05 Å². The summed E-state index contributed by atoms with van der Waals surface area (Å²) in [5, 5.41) is 3.82. The van der Waals surface area contributed by atoms with Crippen LogP contribution < -0.4 is 4.74 Å². The topological polar surface area (TPSA) is 70.2 Å². The van der Waals surface area contributed by atoms with Crippen LogP contribution in [0.4, 0.5) is 0 Å². The minimum atomic E-state index is -0.348. The number of imidazole rings is 1. The van der Waals surface area contributed by atoms with Gasteiger partial charge in [0, 0.05) is 18.7 Å². The molecule has 0 bridgehead atoms. The maximum Gasteiger partial charge on any atom is 0.315 e. The second-order valence-corrected chi connectivity index (χ2v) is 4.96. The Balaban J connectivity index is 1.77. The summed E-state index contributed by atoms with van der Waals surface area (Å²) in [6.07, 6.45) is 1.86. The van der Waals surface area contributed by atoms with E-state index in [-0.39, 0.29) is 12.4 Å². The maximum absolute atomic E-state index is 12.0. The first-order valence-electron chi connectivity index (χ1n) is 6.58. The van der Waals surface area contributed by atoms with E-state index in [1.807, 2.05) is 17.7 Å². The molecule has 0 saturated heterocycles. The van der Waals surface area contributed by atoms with Gasteiger partial charge < -0.3 is 13.8 Å². The van der Waals surface area contributed by atoms with E-state index in [4.69, 9.17) is 9.26 Å². The molecule has 0 fully saturated rings. The van der Waals surface area contributed by atoms with E-state index in [0.717, 1.165) is 16.6 Å². The number of hydrogen-bond acceptors (Lipinski definition) is 5. The first-order valence-corrected chi connectivity index (χ1v) is 6.58. The molecule has 2 aromatic heterocycles. The van der Waals surface area contributed by atoms with Gasteiger partial charge in [0.2, 0.25) is 0 Å². The SMILES string of the molecule is Cc1noc(C)c1CC(=O)Oc1ccc2c(c1)ncn2C. The molecule has 6 heteroatoms. The van der Waals surface area contributed by atoms with Crippen LogP contribution in [0.3, 0.4) is 0 Å². The Morgan fingerprint density at radius 3 is 2.90 bits per heavy atom. The summed E-state index contributed by atoms with van der Waals surface area (Å²) in [5.74, 6) is 0.780. The summed E-state index contributed by atoms with van der Waals surface area (Å²) in [6.45, 7) is 3.58. The van der Waals surface area contributed by atoms with Gasteiger partial charge >= 0.3 is 5.97 Å². The molecule has 0 saturated carbocycles. The number of benzene rings is 1. The molecule has 6 nitrogen and oxygen atoms in total. The van der Waals surface area contributed by atoms with Crippen LogP contribution >= 0.6 is 0 Å². The molecule has 108 valence electrons. The lowest BCUT2D eigenvalue weighted by molar-refractivity contribution is -0.133. The van der Waals surface area contributed by atoms with Crippen molar-refractivity contribution in [1.29, 1.82) is 0 Å². The number of fused-ring (bicyclic) bond motifs is 1. The molecule has 0 N–H and O–H groups in total. The van der Waals surface area contributed by atoms with Crippen molar-refractivity contribution in [3.63, 3.8) is 0 Å². The molecule has 0 spiro atoms. The number of esters is 1. The standard InChI is InChI=1S/C15H15N3O3/c1-9-12(10(2)21-17-9)7-15(19)20-11-4-5-14-13(6-11)16-8-18(14)3/h4-6,8H,7H2,1-3H3. The van der Waals surface area contributed by atoms with Gasteiger partial charge in [-0.25, -0.2) is 4.98 Å². The van der Waals surface area contributed by atoms with Crippen molar-refractivity contribution >= 4 is 17.0 Å². The van der Waals surface area contributed by atoms with Crippen molar-refractivity contribution in [3.05, 3.63) is 41.5 Å². The third-order valence-electron chi connectivity index (χ3n) is 3.43. The Kier molecular flexibility index (Phi) is 3.21. The summed E-state index contributed by atoms with van der Waals surface area (Å²) >= 11 is 0. The number of ether oxygens (including phenoxy) is 1. The van der Waals surface area contributed by atoms with Crippen molar-refractivity contribution in [2.75, 3.05) is 0 Å². The number of rotatable bonds is 3. The smallest absolute Gasteiger partial charge is 0.315 e. The van der Waals surface area contributed by atoms with Gasteiger partial charge in [-0.3, -0.25) is 4.79 Å². The molecule has 0 amide bonds. The van der Waals surface area contributed by atoms with Crippen LogP contribution in [0.1, 0.15) is 17.0 Å². The largest absolute Gasteiger partial charge is 0.426 e. The van der Waals surface area contributed by atoms with Crippen LogP contribution in [-0.4, -0.2) is 20.7 Å². The molecular weight excluding hydrogens is 270 g/mol. The van der Waals surface area contributed by atoms with E-state index in [1.165, 1.54) is 0 Å². The first kappa shape index (κ1) is 13.4. The normalized spacial score (nSPS) is 11.0. The molecule has 0 atom stereocenters. The Morgan fingerprint density at radius 1 is 1.38 bits per heavy atom. The Bertz CT molecular complexity index is 797. The summed E-state index contributed by atoms with van der Waals surface area (Å²) in [4.78, 5) is 16.2. The van der Waals surface area contributed by atoms with Crippen molar-refractivity contribution in [2.45, 2.75) is 20.3 Å². The third-order valence-corrected chi connectivity index (χ3v) is 3.43. The molecule has 0 aliphatic rings. The Labute approximate surface area is 121 Å². The van der Waals surface area contributed by atoms with Gasteiger partial charge in [0.1, 0.15) is 11.5 Å². The second kappa shape index (κ2) is 5.05. The summed E-state index contributed by atoms with van der Waals surface area (Å²) in [6, 6.07) is 5.39. The zero-order valence-electron chi connectivity index (χ0n) is 12.1. The maximum atomic E-state index is 12.0. The van der Waals surface area contributed by atoms with Crippen LogP contribution in [0.25, 0.3) is 11.0 Å². The lowest BCUT2D eigenvalue weighted by Crippen LogP contribution is -2.12. The fourth-order valence-electron chi connectivity index (χ4n) is 2.25. The molecule has 0 radical (unpaired) electrons. The van der Waals surface area contributed by atoms with Gasteiger partial charge in [-0.15, -0.1) is 0 Å². The van der Waals surface area contributed by atoms with E-state index in [0.29, 0.717) is 17.2 Å². The van der Waals surface area contributed by atoms with Crippen LogP contribution in [0.15, 0.2) is 29.0 Å². The average Bonchev–Trinajstić information content (AvgIpc) is 2.96. The minimum Gasteiger partial charge on any atom is -0.426 e. The van der Waals surface area contributed by atoms with Crippen LogP contribution in [0.2, 0.25) is 0 Å². The molecule has 2 heterocycles. The number of carbonyl (C=O) groups excluding carboxylic acids is 1. The fourth-order valence-corrected chi connectivity index (χ4v) is 2.25. The van der Waals surface area contributed by atoms with Crippen LogP contribution in [0.5, 0.6) is 5.75 Å². The van der Waals surface area contributed by atoms with Gasteiger partial charge in [-0.2, -0.15) is 0 Å². The zero-order chi connectivity index (χ0) is 15.0. The highest BCUT2D eigenvalue weighted by Gasteiger charge is 2.15. The molecule has 21 heavy (non-hydrogen) atoms. The quantitative estimate of drug-likeness (QED) is 0.545. The van der Waals surface area contributed by atoms with E-state index >= 15 is 0 Å². The third kappa shape index (κ3) is 2.52. The predicted molar refractivity (Wildman–Crippen MR) is 76.0 cm³/mol. The van der Waals surface area contributed by atoms with Gasteiger partial charge in [-0.1, -0.05) is 5.16 Å². The number of aryl methyl sites for hydroxylation is 3. The van der Waals surface area contributed by atoms with Gasteiger partial charge in [0.15, 0.2) is 0 Å². The summed E-state index contributed by atoms with van der Waals surface area (Å²) in [7, 11) is 1.92. The Hall–Kier alpha value is -2.63. The van der Waals surface area contributed by atoms with Crippen molar-refractivity contribution in [3.8, 4) is 5.75 Å². The van der Waals surface area contributed by atoms with E-state index < -0.39 is 0 Å². The molecule has 3 aromatic rings. The van der Waals surface area contributed by atoms with Crippen LogP contribution in [0, 0.1) is 13.8 Å². The second-order valence-electron chi connectivity index (χ2n) is 4.96. The highest BCUT2D eigenvalue weighted by atomic mass is 16.5. The molecular formula is C15H15N3O3. The van der Waals surface area contributed by atoms with Gasteiger partial charge in [0.25, 0.3) is 0 Å². The monoisotopic (exact) mass is 285 g/mol. The summed E-state index contributed by atoms with van der Waals surface area (Å²) in [5.41, 5.74) is 3.27. The fraction of sp³-hybridized carbons (Fsp3) is 0.267. The van der Waals surface area contributed by atoms with E-state index in [2.05, 4.69) is 10.1 Å². The highest BCUT2D eigenvalue weighted by Crippen LogP contribution is 2.20. The van der Waals surface area contributed by atoms with Crippen molar-refractivity contribution < 1.29 is 14.1 Å². The summed E-state index contributed by atoms with van der Waals surface area (Å²) < 4.78 is 12.3. The van der Waals surface area contributed by atoms with Gasteiger partial charge in [-0.05, 0) is 26.0 Å². The molecule has 0 unspecified atom stereocenters. The number of carbonyl (C=O) groups is 1. The van der Waals surface area contributed by atoms with Gasteiger partial charge in [0.05, 0.1) is 29.5 Å². The lowest BCUT2D eigenvalue weighted by atomic mass is 10.1. The average molecular weight is 285 g/mol. The van der Waals surface area contributed by atoms with E-state index in [1.54, 1.807) is 32.3 Å². The zero-order valence-corrected chi connectivity index (χ0v) is 12.1. The molecule has 0 aliphatic heterocycles. The van der Waals surface area contributed by atoms with Crippen molar-refractivity contribution in [1.82, 2.24) is 14.7 Å². The number of nitrogens with zero attached hydrogens (tertiary/aromatic N) is 3. The predicted octanol–water partition coefficient (Wildman–Crippen LogP) is 2.33. The number of aromatic nitrogens is 3. The minimum absolute atomic E-state index is 0.140. The molecule has 3 rings (SSSR count). The molecule has 1 aromatic carbocycles.